The Balaban J connectivity index is 1.43. The molecule has 2 saturated heterocycles. The van der Waals surface area contributed by atoms with Gasteiger partial charge in [0.05, 0.1) is 11.5 Å². The SMILES string of the molecule is O=S(=O)(c1ccccc1)N1CCCCN2[C@H](C1)[C@H](c1ccc(-c3ccccc3F)cc1)[C@@H]2CO. The average molecular weight is 481 g/mol. The Kier molecular flexibility index (Phi) is 6.53. The Morgan fingerprint density at radius 2 is 1.56 bits per heavy atom. The third-order valence-corrected chi connectivity index (χ3v) is 9.07. The highest BCUT2D eigenvalue weighted by molar-refractivity contribution is 7.89. The van der Waals surface area contributed by atoms with Crippen LogP contribution in [0.1, 0.15) is 24.3 Å². The molecule has 0 aromatic heterocycles. The highest BCUT2D eigenvalue weighted by Gasteiger charge is 2.50. The molecule has 0 unspecified atom stereocenters. The van der Waals surface area contributed by atoms with E-state index < -0.39 is 10.0 Å². The number of hydrogen-bond acceptors (Lipinski definition) is 4. The summed E-state index contributed by atoms with van der Waals surface area (Å²) in [4.78, 5) is 2.56. The molecule has 2 fully saturated rings. The molecule has 2 aliphatic heterocycles. The van der Waals surface area contributed by atoms with E-state index in [9.17, 15) is 17.9 Å². The normalized spacial score (nSPS) is 24.0. The van der Waals surface area contributed by atoms with E-state index in [0.717, 1.165) is 30.5 Å². The average Bonchev–Trinajstić information content (AvgIpc) is 2.84. The lowest BCUT2D eigenvalue weighted by atomic mass is 9.74. The smallest absolute Gasteiger partial charge is 0.243 e. The van der Waals surface area contributed by atoms with Crippen LogP contribution in [-0.2, 0) is 10.0 Å². The van der Waals surface area contributed by atoms with E-state index in [1.165, 1.54) is 6.07 Å². The number of aliphatic hydroxyl groups excluding tert-OH is 1. The van der Waals surface area contributed by atoms with Gasteiger partial charge in [0.25, 0.3) is 0 Å². The van der Waals surface area contributed by atoms with Crippen LogP contribution in [0.5, 0.6) is 0 Å². The fourth-order valence-corrected chi connectivity index (χ4v) is 6.97. The second-order valence-electron chi connectivity index (χ2n) is 9.07. The molecule has 0 amide bonds. The first kappa shape index (κ1) is 23.2. The number of hydrogen-bond donors (Lipinski definition) is 1. The maximum absolute atomic E-state index is 14.2. The molecule has 0 aliphatic carbocycles. The van der Waals surface area contributed by atoms with Gasteiger partial charge in [-0.25, -0.2) is 12.8 Å². The molecule has 178 valence electrons. The van der Waals surface area contributed by atoms with Crippen LogP contribution in [-0.4, -0.2) is 61.1 Å². The zero-order chi connectivity index (χ0) is 23.7. The summed E-state index contributed by atoms with van der Waals surface area (Å²) in [7, 11) is -3.60. The molecule has 3 atom stereocenters. The summed E-state index contributed by atoms with van der Waals surface area (Å²) < 4.78 is 42.6. The number of fused-ring (bicyclic) bond motifs is 1. The molecule has 5 rings (SSSR count). The fourth-order valence-electron chi connectivity index (χ4n) is 5.45. The lowest BCUT2D eigenvalue weighted by molar-refractivity contribution is -0.0553. The lowest BCUT2D eigenvalue weighted by Gasteiger charge is -2.57. The van der Waals surface area contributed by atoms with Gasteiger partial charge in [0.2, 0.25) is 10.0 Å². The van der Waals surface area contributed by atoms with E-state index >= 15 is 0 Å². The number of aliphatic hydroxyl groups is 1. The standard InChI is InChI=1S/C27H29FN2O3S/c28-24-11-5-4-10-23(24)20-12-14-21(15-13-20)27-25-18-29(16-6-7-17-30(25)26(27)19-31)34(32,33)22-8-2-1-3-9-22/h1-5,8-15,25-27,31H,6-7,16-19H2/t25-,26+,27+/m1/s1. The third-order valence-electron chi connectivity index (χ3n) is 7.19. The molecular formula is C27H29FN2O3S. The summed E-state index contributed by atoms with van der Waals surface area (Å²) in [5.41, 5.74) is 2.39. The zero-order valence-corrected chi connectivity index (χ0v) is 19.7. The highest BCUT2D eigenvalue weighted by Crippen LogP contribution is 2.43. The number of halogens is 1. The summed E-state index contributed by atoms with van der Waals surface area (Å²) in [5, 5.41) is 10.2. The first-order chi connectivity index (χ1) is 16.5. The van der Waals surface area contributed by atoms with Gasteiger partial charge < -0.3 is 5.11 Å². The van der Waals surface area contributed by atoms with Gasteiger partial charge in [-0.3, -0.25) is 4.90 Å². The second-order valence-corrected chi connectivity index (χ2v) is 11.0. The number of rotatable bonds is 5. The van der Waals surface area contributed by atoms with E-state index in [2.05, 4.69) is 4.90 Å². The molecular weight excluding hydrogens is 451 g/mol. The van der Waals surface area contributed by atoms with Gasteiger partial charge in [-0.1, -0.05) is 60.7 Å². The van der Waals surface area contributed by atoms with E-state index in [-0.39, 0.29) is 30.4 Å². The van der Waals surface area contributed by atoms with E-state index in [1.54, 1.807) is 40.7 Å². The summed E-state index contributed by atoms with van der Waals surface area (Å²) in [6, 6.07) is 23.0. The molecule has 7 heteroatoms. The second kappa shape index (κ2) is 9.58. The first-order valence-electron chi connectivity index (χ1n) is 11.8. The predicted molar refractivity (Wildman–Crippen MR) is 130 cm³/mol. The van der Waals surface area contributed by atoms with Crippen molar-refractivity contribution in [3.05, 3.63) is 90.2 Å². The quantitative estimate of drug-likeness (QED) is 0.597. The Morgan fingerprint density at radius 3 is 2.26 bits per heavy atom. The van der Waals surface area contributed by atoms with Crippen molar-refractivity contribution < 1.29 is 17.9 Å². The van der Waals surface area contributed by atoms with Crippen molar-refractivity contribution in [1.29, 1.82) is 0 Å². The predicted octanol–water partition coefficient (Wildman–Crippen LogP) is 4.11. The van der Waals surface area contributed by atoms with Gasteiger partial charge >= 0.3 is 0 Å². The Hall–Kier alpha value is -2.58. The Labute approximate surface area is 200 Å². The largest absolute Gasteiger partial charge is 0.395 e. The van der Waals surface area contributed by atoms with Gasteiger partial charge in [0.15, 0.2) is 0 Å². The highest BCUT2D eigenvalue weighted by atomic mass is 32.2. The van der Waals surface area contributed by atoms with Crippen LogP contribution in [0.15, 0.2) is 83.8 Å². The lowest BCUT2D eigenvalue weighted by Crippen LogP contribution is -2.67. The van der Waals surface area contributed by atoms with Crippen LogP contribution in [0.2, 0.25) is 0 Å². The molecule has 2 heterocycles. The summed E-state index contributed by atoms with van der Waals surface area (Å²) in [6.07, 6.45) is 1.67. The van der Waals surface area contributed by atoms with E-state index in [0.29, 0.717) is 23.5 Å². The van der Waals surface area contributed by atoms with Gasteiger partial charge in [0.1, 0.15) is 5.82 Å². The topological polar surface area (TPSA) is 60.9 Å². The van der Waals surface area contributed by atoms with Crippen LogP contribution >= 0.6 is 0 Å². The molecule has 5 nitrogen and oxygen atoms in total. The maximum Gasteiger partial charge on any atom is 0.243 e. The van der Waals surface area contributed by atoms with Crippen molar-refractivity contribution in [3.63, 3.8) is 0 Å². The molecule has 2 aliphatic rings. The molecule has 3 aromatic rings. The Bertz CT molecular complexity index is 1230. The van der Waals surface area contributed by atoms with Crippen molar-refractivity contribution >= 4 is 10.0 Å². The summed E-state index contributed by atoms with van der Waals surface area (Å²) >= 11 is 0. The van der Waals surface area contributed by atoms with Crippen LogP contribution in [0.4, 0.5) is 4.39 Å². The van der Waals surface area contributed by atoms with Crippen LogP contribution < -0.4 is 0 Å². The van der Waals surface area contributed by atoms with Crippen LogP contribution in [0.3, 0.4) is 0 Å². The first-order valence-corrected chi connectivity index (χ1v) is 13.2. The number of nitrogens with zero attached hydrogens (tertiary/aromatic N) is 2. The van der Waals surface area contributed by atoms with Crippen molar-refractivity contribution in [3.8, 4) is 11.1 Å². The van der Waals surface area contributed by atoms with Gasteiger partial charge in [0, 0.05) is 36.7 Å². The molecule has 0 spiro atoms. The number of benzene rings is 3. The van der Waals surface area contributed by atoms with E-state index in [4.69, 9.17) is 0 Å². The summed E-state index contributed by atoms with van der Waals surface area (Å²) in [6.45, 7) is 1.73. The van der Waals surface area contributed by atoms with Crippen molar-refractivity contribution in [2.24, 2.45) is 0 Å². The molecule has 0 radical (unpaired) electrons. The minimum Gasteiger partial charge on any atom is -0.395 e. The van der Waals surface area contributed by atoms with Gasteiger partial charge in [-0.05, 0) is 48.7 Å². The molecule has 0 bridgehead atoms. The molecule has 3 aromatic carbocycles. The zero-order valence-electron chi connectivity index (χ0n) is 18.9. The Morgan fingerprint density at radius 1 is 0.882 bits per heavy atom. The third kappa shape index (κ3) is 4.18. The summed E-state index contributed by atoms with van der Waals surface area (Å²) in [5.74, 6) is -0.258. The van der Waals surface area contributed by atoms with E-state index in [1.807, 2.05) is 36.4 Å². The van der Waals surface area contributed by atoms with Crippen molar-refractivity contribution in [2.45, 2.75) is 35.7 Å². The molecule has 0 saturated carbocycles. The minimum atomic E-state index is -3.60. The minimum absolute atomic E-state index is 0.00578. The number of sulfonamides is 1. The fraction of sp³-hybridized carbons (Fsp3) is 0.333. The monoisotopic (exact) mass is 480 g/mol. The van der Waals surface area contributed by atoms with Crippen molar-refractivity contribution in [2.75, 3.05) is 26.2 Å². The van der Waals surface area contributed by atoms with Gasteiger partial charge in [-0.2, -0.15) is 4.31 Å². The molecule has 34 heavy (non-hydrogen) atoms. The van der Waals surface area contributed by atoms with Gasteiger partial charge in [-0.15, -0.1) is 0 Å². The van der Waals surface area contributed by atoms with Crippen molar-refractivity contribution in [1.82, 2.24) is 9.21 Å². The maximum atomic E-state index is 14.2. The van der Waals surface area contributed by atoms with Crippen LogP contribution in [0.25, 0.3) is 11.1 Å². The van der Waals surface area contributed by atoms with Crippen LogP contribution in [0, 0.1) is 5.82 Å². The molecule has 1 N–H and O–H groups in total.